The average molecular weight is 630 g/mol. The molecule has 2 heterocycles. The maximum Gasteiger partial charge on any atom is 0.273 e. The van der Waals surface area contributed by atoms with Gasteiger partial charge in [-0.05, 0) is 104 Å². The fraction of sp³-hybridized carbons (Fsp3) is 0.400. The van der Waals surface area contributed by atoms with Gasteiger partial charge in [-0.3, -0.25) is 9.59 Å². The highest BCUT2D eigenvalue weighted by Crippen LogP contribution is 2.29. The molecule has 45 heavy (non-hydrogen) atoms. The van der Waals surface area contributed by atoms with Crippen LogP contribution >= 0.6 is 11.8 Å². The van der Waals surface area contributed by atoms with Crippen molar-refractivity contribution in [2.45, 2.75) is 43.9 Å². The van der Waals surface area contributed by atoms with Gasteiger partial charge in [0.05, 0.1) is 31.2 Å². The third-order valence-corrected chi connectivity index (χ3v) is 9.43. The Kier molecular flexibility index (Phi) is 11.9. The lowest BCUT2D eigenvalue weighted by Crippen LogP contribution is -2.46. The van der Waals surface area contributed by atoms with Crippen molar-refractivity contribution in [3.8, 4) is 5.75 Å². The number of hydrogen-bond donors (Lipinski definition) is 3. The second-order valence-corrected chi connectivity index (χ2v) is 12.6. The smallest absolute Gasteiger partial charge is 0.273 e. The van der Waals surface area contributed by atoms with E-state index in [1.807, 2.05) is 60.7 Å². The molecule has 238 valence electrons. The average Bonchev–Trinajstić information content (AvgIpc) is 3.09. The summed E-state index contributed by atoms with van der Waals surface area (Å²) >= 11 is 1.61. The lowest BCUT2D eigenvalue weighted by Gasteiger charge is -2.41. The Morgan fingerprint density at radius 3 is 2.49 bits per heavy atom. The normalized spacial score (nSPS) is 16.1. The number of ether oxygens (including phenoxy) is 1. The van der Waals surface area contributed by atoms with Gasteiger partial charge in [0.25, 0.3) is 11.8 Å². The highest BCUT2D eigenvalue weighted by atomic mass is 32.2. The number of aliphatic hydroxyl groups is 1. The predicted molar refractivity (Wildman–Crippen MR) is 183 cm³/mol. The summed E-state index contributed by atoms with van der Waals surface area (Å²) in [5, 5.41) is 16.2. The number of benzene rings is 3. The molecule has 0 saturated carbocycles. The second kappa shape index (κ2) is 16.5. The molecule has 2 aliphatic rings. The van der Waals surface area contributed by atoms with E-state index in [0.29, 0.717) is 34.4 Å². The number of piperidine rings is 2. The third-order valence-electron chi connectivity index (χ3n) is 8.42. The van der Waals surface area contributed by atoms with E-state index in [2.05, 4.69) is 25.6 Å². The summed E-state index contributed by atoms with van der Waals surface area (Å²) in [5.74, 6) is 1.37. The number of nitrogens with zero attached hydrogens (tertiary/aromatic N) is 3. The van der Waals surface area contributed by atoms with Crippen molar-refractivity contribution in [2.24, 2.45) is 5.10 Å². The Morgan fingerprint density at radius 1 is 0.978 bits per heavy atom. The monoisotopic (exact) mass is 629 g/mol. The van der Waals surface area contributed by atoms with Gasteiger partial charge in [0.2, 0.25) is 0 Å². The number of likely N-dealkylation sites (tertiary alicyclic amines) is 1. The topological polar surface area (TPSA) is 107 Å². The first-order valence-electron chi connectivity index (χ1n) is 15.7. The molecule has 3 aromatic rings. The molecule has 3 aromatic carbocycles. The maximum absolute atomic E-state index is 13.5. The lowest BCUT2D eigenvalue weighted by atomic mass is 9.99. The standard InChI is InChI=1S/C35H43N5O4S/c1-44-31-11-8-26(9-12-31)24-36-38-35(43)32-23-30(40-18-14-29(15-19-40)39-16-3-2-4-17-39)10-13-33(32)37-34(42)28-7-5-6-27(22-28)25-45-21-20-41/h5-13,22-24,29,41H,2-4,14-21,25H2,1H3,(H,37,42)(H,38,43). The third kappa shape index (κ3) is 9.09. The first-order chi connectivity index (χ1) is 22.0. The zero-order chi connectivity index (χ0) is 31.4. The number of aliphatic hydroxyl groups excluding tert-OH is 1. The molecule has 0 radical (unpaired) electrons. The minimum atomic E-state index is -0.408. The van der Waals surface area contributed by atoms with E-state index in [1.54, 1.807) is 31.2 Å². The molecule has 3 N–H and O–H groups in total. The van der Waals surface area contributed by atoms with Crippen LogP contribution in [0.5, 0.6) is 5.75 Å². The zero-order valence-corrected chi connectivity index (χ0v) is 26.7. The Balaban J connectivity index is 1.32. The van der Waals surface area contributed by atoms with Crippen LogP contribution < -0.4 is 20.4 Å². The summed E-state index contributed by atoms with van der Waals surface area (Å²) in [7, 11) is 1.61. The molecule has 0 aliphatic carbocycles. The Morgan fingerprint density at radius 2 is 1.76 bits per heavy atom. The second-order valence-electron chi connectivity index (χ2n) is 11.4. The summed E-state index contributed by atoms with van der Waals surface area (Å²) < 4.78 is 5.21. The minimum Gasteiger partial charge on any atom is -0.497 e. The number of rotatable bonds is 12. The van der Waals surface area contributed by atoms with Gasteiger partial charge in [-0.2, -0.15) is 16.9 Å². The molecule has 0 aromatic heterocycles. The minimum absolute atomic E-state index is 0.117. The van der Waals surface area contributed by atoms with Gasteiger partial charge in [0.15, 0.2) is 0 Å². The summed E-state index contributed by atoms with van der Waals surface area (Å²) in [6.07, 6.45) is 7.69. The summed E-state index contributed by atoms with van der Waals surface area (Å²) in [5.41, 5.74) is 6.68. The van der Waals surface area contributed by atoms with E-state index in [0.717, 1.165) is 48.5 Å². The van der Waals surface area contributed by atoms with Crippen LogP contribution in [0.25, 0.3) is 0 Å². The van der Waals surface area contributed by atoms with Crippen molar-refractivity contribution < 1.29 is 19.4 Å². The molecule has 2 amide bonds. The van der Waals surface area contributed by atoms with E-state index in [1.165, 1.54) is 32.4 Å². The van der Waals surface area contributed by atoms with Gasteiger partial charge in [0, 0.05) is 41.9 Å². The number of thioether (sulfide) groups is 1. The fourth-order valence-electron chi connectivity index (χ4n) is 5.97. The Labute approximate surface area is 270 Å². The molecule has 2 saturated heterocycles. The first kappa shape index (κ1) is 32.5. The Hall–Kier alpha value is -3.86. The van der Waals surface area contributed by atoms with Gasteiger partial charge >= 0.3 is 0 Å². The lowest BCUT2D eigenvalue weighted by molar-refractivity contribution is 0.0956. The number of nitrogens with one attached hydrogen (secondary N) is 2. The number of carbonyl (C=O) groups excluding carboxylic acids is 2. The molecule has 2 fully saturated rings. The summed E-state index contributed by atoms with van der Waals surface area (Å²) in [6, 6.07) is 21.0. The van der Waals surface area contributed by atoms with Gasteiger partial charge < -0.3 is 25.0 Å². The molecule has 0 atom stereocenters. The van der Waals surface area contributed by atoms with E-state index < -0.39 is 5.91 Å². The van der Waals surface area contributed by atoms with E-state index in [4.69, 9.17) is 9.84 Å². The zero-order valence-electron chi connectivity index (χ0n) is 25.9. The molecule has 0 bridgehead atoms. The predicted octanol–water partition coefficient (Wildman–Crippen LogP) is 5.39. The van der Waals surface area contributed by atoms with Crippen LogP contribution in [0.2, 0.25) is 0 Å². The SMILES string of the molecule is COc1ccc(C=NNC(=O)c2cc(N3CCC(N4CCCCC4)CC3)ccc2NC(=O)c2cccc(CSCCO)c2)cc1. The van der Waals surface area contributed by atoms with E-state index in [9.17, 15) is 9.59 Å². The number of carbonyl (C=O) groups is 2. The van der Waals surface area contributed by atoms with Gasteiger partial charge in [-0.1, -0.05) is 18.6 Å². The number of hydrogen-bond acceptors (Lipinski definition) is 8. The first-order valence-corrected chi connectivity index (χ1v) is 16.9. The van der Waals surface area contributed by atoms with Gasteiger partial charge in [-0.25, -0.2) is 5.43 Å². The van der Waals surface area contributed by atoms with Crippen molar-refractivity contribution in [1.29, 1.82) is 0 Å². The molecule has 0 spiro atoms. The van der Waals surface area contributed by atoms with Crippen LogP contribution in [0.15, 0.2) is 71.8 Å². The van der Waals surface area contributed by atoms with Crippen molar-refractivity contribution in [3.05, 3.63) is 89.0 Å². The number of anilines is 2. The summed E-state index contributed by atoms with van der Waals surface area (Å²) in [4.78, 5) is 31.9. The van der Waals surface area contributed by atoms with Crippen molar-refractivity contribution >= 4 is 41.2 Å². The van der Waals surface area contributed by atoms with Crippen LogP contribution in [0.3, 0.4) is 0 Å². The van der Waals surface area contributed by atoms with Crippen molar-refractivity contribution in [3.63, 3.8) is 0 Å². The number of amides is 2. The number of hydrazone groups is 1. The fourth-order valence-corrected chi connectivity index (χ4v) is 6.65. The highest BCUT2D eigenvalue weighted by Gasteiger charge is 2.26. The molecular formula is C35H43N5O4S. The van der Waals surface area contributed by atoms with Gasteiger partial charge in [0.1, 0.15) is 5.75 Å². The molecule has 5 rings (SSSR count). The van der Waals surface area contributed by atoms with Crippen LogP contribution in [-0.2, 0) is 5.75 Å². The van der Waals surface area contributed by atoms with Crippen molar-refractivity contribution in [1.82, 2.24) is 10.3 Å². The van der Waals surface area contributed by atoms with E-state index >= 15 is 0 Å². The molecule has 10 heteroatoms. The molecule has 9 nitrogen and oxygen atoms in total. The quantitative estimate of drug-likeness (QED) is 0.140. The van der Waals surface area contributed by atoms with Crippen LogP contribution in [0.4, 0.5) is 11.4 Å². The van der Waals surface area contributed by atoms with E-state index in [-0.39, 0.29) is 12.5 Å². The molecule has 0 unspecified atom stereocenters. The molecular weight excluding hydrogens is 586 g/mol. The van der Waals surface area contributed by atoms with Crippen molar-refractivity contribution in [2.75, 3.05) is 55.9 Å². The largest absolute Gasteiger partial charge is 0.497 e. The van der Waals surface area contributed by atoms with Crippen LogP contribution in [0, 0.1) is 0 Å². The molecule has 2 aliphatic heterocycles. The number of methoxy groups -OCH3 is 1. The summed E-state index contributed by atoms with van der Waals surface area (Å²) in [6.45, 7) is 4.36. The van der Waals surface area contributed by atoms with Gasteiger partial charge in [-0.15, -0.1) is 0 Å². The Bertz CT molecular complexity index is 1450. The highest BCUT2D eigenvalue weighted by molar-refractivity contribution is 7.98. The maximum atomic E-state index is 13.5. The van der Waals surface area contributed by atoms with Crippen LogP contribution in [-0.4, -0.2) is 79.7 Å². The van der Waals surface area contributed by atoms with Crippen LogP contribution in [0.1, 0.15) is 63.9 Å².